The maximum atomic E-state index is 8.77. The van der Waals surface area contributed by atoms with Crippen LogP contribution in [0.5, 0.6) is 0 Å². The average Bonchev–Trinajstić information content (AvgIpc) is 2.53. The monoisotopic (exact) mass is 200 g/mol. The van der Waals surface area contributed by atoms with Crippen LogP contribution >= 0.6 is 0 Å². The van der Waals surface area contributed by atoms with Crippen LogP contribution in [0.25, 0.3) is 11.0 Å². The van der Waals surface area contributed by atoms with Crippen LogP contribution in [0, 0.1) is 18.4 Å². The minimum Gasteiger partial charge on any atom is -0.331 e. The molecule has 4 nitrogen and oxygen atoms in total. The van der Waals surface area contributed by atoms with Crippen molar-refractivity contribution in [3.63, 3.8) is 0 Å². The molecule has 1 aromatic heterocycles. The summed E-state index contributed by atoms with van der Waals surface area (Å²) in [5, 5.41) is 8.77. The van der Waals surface area contributed by atoms with Crippen LogP contribution in [0.4, 0.5) is 5.69 Å². The number of aryl methyl sites for hydroxylation is 2. The summed E-state index contributed by atoms with van der Waals surface area (Å²) in [7, 11) is 3.72. The molecule has 76 valence electrons. The second-order valence-corrected chi connectivity index (χ2v) is 3.55. The summed E-state index contributed by atoms with van der Waals surface area (Å²) in [5.41, 5.74) is 2.88. The summed E-state index contributed by atoms with van der Waals surface area (Å²) < 4.78 is 2.03. The number of fused-ring (bicyclic) bond motifs is 1. The molecule has 0 spiro atoms. The molecule has 2 aromatic rings. The third-order valence-electron chi connectivity index (χ3n) is 2.63. The van der Waals surface area contributed by atoms with Crippen molar-refractivity contribution < 1.29 is 0 Å². The summed E-state index contributed by atoms with van der Waals surface area (Å²) in [4.78, 5) is 5.93. The van der Waals surface area contributed by atoms with E-state index in [1.807, 2.05) is 36.7 Å². The van der Waals surface area contributed by atoms with Gasteiger partial charge in [-0.15, -0.1) is 0 Å². The minimum absolute atomic E-state index is 0.864. The van der Waals surface area contributed by atoms with Crippen molar-refractivity contribution in [1.82, 2.24) is 9.55 Å². The largest absolute Gasteiger partial charge is 0.331 e. The molecular weight excluding hydrogens is 188 g/mol. The molecule has 1 heterocycles. The van der Waals surface area contributed by atoms with Gasteiger partial charge in [0.2, 0.25) is 0 Å². The molecule has 0 N–H and O–H groups in total. The maximum absolute atomic E-state index is 8.77. The Hall–Kier alpha value is -2.02. The number of rotatable bonds is 1. The quantitative estimate of drug-likeness (QED) is 0.521. The Bertz CT molecular complexity index is 547. The average molecular weight is 200 g/mol. The van der Waals surface area contributed by atoms with E-state index in [0.717, 1.165) is 22.5 Å². The molecular formula is C11H12N4. The molecule has 0 atom stereocenters. The summed E-state index contributed by atoms with van der Waals surface area (Å²) in [5.74, 6) is 0.974. The topological polar surface area (TPSA) is 44.9 Å². The highest BCUT2D eigenvalue weighted by Gasteiger charge is 2.06. The highest BCUT2D eigenvalue weighted by atomic mass is 15.1. The first-order chi connectivity index (χ1) is 7.13. The lowest BCUT2D eigenvalue weighted by Gasteiger charge is -2.07. The van der Waals surface area contributed by atoms with Crippen molar-refractivity contribution in [2.75, 3.05) is 11.9 Å². The minimum atomic E-state index is 0.864. The van der Waals surface area contributed by atoms with Crippen LogP contribution in [-0.4, -0.2) is 16.6 Å². The van der Waals surface area contributed by atoms with Crippen LogP contribution < -0.4 is 4.90 Å². The van der Waals surface area contributed by atoms with Gasteiger partial charge in [0.05, 0.1) is 16.7 Å². The third-order valence-corrected chi connectivity index (χ3v) is 2.63. The van der Waals surface area contributed by atoms with Gasteiger partial charge in [-0.05, 0) is 25.1 Å². The molecule has 0 amide bonds. The highest BCUT2D eigenvalue weighted by molar-refractivity contribution is 5.80. The molecule has 15 heavy (non-hydrogen) atoms. The number of anilines is 1. The van der Waals surface area contributed by atoms with Gasteiger partial charge in [-0.25, -0.2) is 4.98 Å². The SMILES string of the molecule is Cc1nc2cc(N(C)C#N)ccc2n1C. The van der Waals surface area contributed by atoms with Crippen molar-refractivity contribution in [2.24, 2.45) is 7.05 Å². The fourth-order valence-electron chi connectivity index (χ4n) is 1.58. The van der Waals surface area contributed by atoms with Gasteiger partial charge in [-0.2, -0.15) is 5.26 Å². The van der Waals surface area contributed by atoms with Crippen LogP contribution in [-0.2, 0) is 7.05 Å². The van der Waals surface area contributed by atoms with Gasteiger partial charge in [0, 0.05) is 14.1 Å². The summed E-state index contributed by atoms with van der Waals surface area (Å²) in [6.07, 6.45) is 2.07. The van der Waals surface area contributed by atoms with E-state index in [2.05, 4.69) is 11.2 Å². The summed E-state index contributed by atoms with van der Waals surface area (Å²) >= 11 is 0. The zero-order chi connectivity index (χ0) is 11.0. The predicted molar refractivity (Wildman–Crippen MR) is 59.5 cm³/mol. The molecule has 4 heteroatoms. The molecule has 0 bridgehead atoms. The number of nitriles is 1. The standard InChI is InChI=1S/C11H12N4/c1-8-13-10-6-9(14(2)7-12)4-5-11(10)15(8)3/h4-6H,1-3H3. The second-order valence-electron chi connectivity index (χ2n) is 3.55. The molecule has 0 unspecified atom stereocenters. The van der Waals surface area contributed by atoms with E-state index in [0.29, 0.717) is 0 Å². The molecule has 0 saturated carbocycles. The number of hydrogen-bond donors (Lipinski definition) is 0. The fraction of sp³-hybridized carbons (Fsp3) is 0.273. The predicted octanol–water partition coefficient (Wildman–Crippen LogP) is 1.80. The van der Waals surface area contributed by atoms with E-state index in [1.165, 1.54) is 4.90 Å². The van der Waals surface area contributed by atoms with Crippen molar-refractivity contribution in [3.05, 3.63) is 24.0 Å². The van der Waals surface area contributed by atoms with Crippen LogP contribution in [0.3, 0.4) is 0 Å². The van der Waals surface area contributed by atoms with Gasteiger partial charge < -0.3 is 4.57 Å². The van der Waals surface area contributed by atoms with Gasteiger partial charge in [0.15, 0.2) is 6.19 Å². The Balaban J connectivity index is 2.63. The lowest BCUT2D eigenvalue weighted by atomic mass is 10.2. The smallest absolute Gasteiger partial charge is 0.183 e. The van der Waals surface area contributed by atoms with Gasteiger partial charge in [-0.1, -0.05) is 0 Å². The fourth-order valence-corrected chi connectivity index (χ4v) is 1.58. The van der Waals surface area contributed by atoms with Crippen LogP contribution in [0.1, 0.15) is 5.82 Å². The van der Waals surface area contributed by atoms with Gasteiger partial charge in [0.1, 0.15) is 5.82 Å². The number of imidazole rings is 1. The van der Waals surface area contributed by atoms with Gasteiger partial charge >= 0.3 is 0 Å². The maximum Gasteiger partial charge on any atom is 0.183 e. The molecule has 1 aromatic carbocycles. The zero-order valence-electron chi connectivity index (χ0n) is 9.02. The van der Waals surface area contributed by atoms with E-state index in [9.17, 15) is 0 Å². The van der Waals surface area contributed by atoms with Gasteiger partial charge in [0.25, 0.3) is 0 Å². The van der Waals surface area contributed by atoms with Crippen LogP contribution in [0.15, 0.2) is 18.2 Å². The van der Waals surface area contributed by atoms with Crippen molar-refractivity contribution >= 4 is 16.7 Å². The van der Waals surface area contributed by atoms with E-state index in [1.54, 1.807) is 7.05 Å². The normalized spacial score (nSPS) is 10.3. The molecule has 0 fully saturated rings. The molecule has 0 aliphatic carbocycles. The Morgan fingerprint density at radius 2 is 2.20 bits per heavy atom. The number of aromatic nitrogens is 2. The van der Waals surface area contributed by atoms with E-state index < -0.39 is 0 Å². The van der Waals surface area contributed by atoms with E-state index in [-0.39, 0.29) is 0 Å². The van der Waals surface area contributed by atoms with Crippen molar-refractivity contribution in [2.45, 2.75) is 6.92 Å². The first-order valence-electron chi connectivity index (χ1n) is 4.70. The highest BCUT2D eigenvalue weighted by Crippen LogP contribution is 2.20. The lowest BCUT2D eigenvalue weighted by Crippen LogP contribution is -2.07. The third kappa shape index (κ3) is 1.42. The van der Waals surface area contributed by atoms with Gasteiger partial charge in [-0.3, -0.25) is 4.90 Å². The summed E-state index contributed by atoms with van der Waals surface area (Å²) in [6, 6.07) is 5.83. The van der Waals surface area contributed by atoms with Crippen molar-refractivity contribution in [1.29, 1.82) is 5.26 Å². The zero-order valence-corrected chi connectivity index (χ0v) is 9.02. The summed E-state index contributed by atoms with van der Waals surface area (Å²) in [6.45, 7) is 1.97. The Morgan fingerprint density at radius 3 is 2.87 bits per heavy atom. The Morgan fingerprint density at radius 1 is 1.47 bits per heavy atom. The Kier molecular flexibility index (Phi) is 2.09. The number of nitrogens with zero attached hydrogens (tertiary/aromatic N) is 4. The Labute approximate surface area is 88.4 Å². The van der Waals surface area contributed by atoms with E-state index >= 15 is 0 Å². The number of hydrogen-bond acceptors (Lipinski definition) is 3. The number of benzene rings is 1. The van der Waals surface area contributed by atoms with E-state index in [4.69, 9.17) is 5.26 Å². The first kappa shape index (κ1) is 9.53. The molecule has 2 rings (SSSR count). The van der Waals surface area contributed by atoms with Crippen molar-refractivity contribution in [3.8, 4) is 6.19 Å². The first-order valence-corrected chi connectivity index (χ1v) is 4.70. The molecule has 0 radical (unpaired) electrons. The molecule has 0 aliphatic heterocycles. The van der Waals surface area contributed by atoms with Crippen LogP contribution in [0.2, 0.25) is 0 Å². The molecule has 0 saturated heterocycles. The second kappa shape index (κ2) is 3.28. The lowest BCUT2D eigenvalue weighted by molar-refractivity contribution is 0.886. The molecule has 0 aliphatic rings.